The van der Waals surface area contributed by atoms with Crippen LogP contribution in [0.4, 0.5) is 0 Å². The summed E-state index contributed by atoms with van der Waals surface area (Å²) in [6.07, 6.45) is 3.50. The topological polar surface area (TPSA) is 77.4 Å². The summed E-state index contributed by atoms with van der Waals surface area (Å²) >= 11 is 0. The number of aromatic nitrogens is 2. The maximum absolute atomic E-state index is 12.0. The number of imidazole rings is 1. The number of aryl methyl sites for hydroxylation is 1. The van der Waals surface area contributed by atoms with Crippen LogP contribution in [0.3, 0.4) is 0 Å². The third-order valence-corrected chi connectivity index (χ3v) is 3.40. The van der Waals surface area contributed by atoms with Crippen molar-refractivity contribution in [2.75, 3.05) is 0 Å². The lowest BCUT2D eigenvalue weighted by atomic mass is 10.1. The van der Waals surface area contributed by atoms with Crippen molar-refractivity contribution in [2.24, 2.45) is 0 Å². The molecule has 2 aromatic heterocycles. The molecule has 0 fully saturated rings. The summed E-state index contributed by atoms with van der Waals surface area (Å²) in [4.78, 5) is 22.9. The van der Waals surface area contributed by atoms with Crippen molar-refractivity contribution in [1.29, 1.82) is 0 Å². The Morgan fingerprint density at radius 1 is 1.24 bits per heavy atom. The van der Waals surface area contributed by atoms with Crippen molar-refractivity contribution in [1.82, 2.24) is 9.13 Å². The Morgan fingerprint density at radius 3 is 2.67 bits per heavy atom. The standard InChI is InChI=1S/C15H14N2O4/c1-2-16-5-6-17(15(16)20)9-10-3-4-12-11(7-10)8-13(21-12)14(18)19/h3-8H,2,9H2,1H3,(H,18,19). The van der Waals surface area contributed by atoms with Crippen molar-refractivity contribution in [3.05, 3.63) is 58.5 Å². The molecule has 21 heavy (non-hydrogen) atoms. The van der Waals surface area contributed by atoms with E-state index in [1.165, 1.54) is 6.07 Å². The zero-order valence-electron chi connectivity index (χ0n) is 11.4. The molecule has 108 valence electrons. The van der Waals surface area contributed by atoms with E-state index in [0.717, 1.165) is 5.56 Å². The highest BCUT2D eigenvalue weighted by atomic mass is 16.4. The molecule has 3 aromatic rings. The van der Waals surface area contributed by atoms with E-state index in [2.05, 4.69) is 0 Å². The number of hydrogen-bond donors (Lipinski definition) is 1. The van der Waals surface area contributed by atoms with Crippen molar-refractivity contribution >= 4 is 16.9 Å². The molecule has 3 rings (SSSR count). The molecule has 6 nitrogen and oxygen atoms in total. The summed E-state index contributed by atoms with van der Waals surface area (Å²) in [5.41, 5.74) is 1.38. The van der Waals surface area contributed by atoms with E-state index in [4.69, 9.17) is 9.52 Å². The van der Waals surface area contributed by atoms with Gasteiger partial charge >= 0.3 is 11.7 Å². The quantitative estimate of drug-likeness (QED) is 0.797. The second kappa shape index (κ2) is 4.97. The van der Waals surface area contributed by atoms with Crippen LogP contribution in [0.15, 0.2) is 45.9 Å². The molecular weight excluding hydrogens is 272 g/mol. The normalized spacial score (nSPS) is 11.1. The van der Waals surface area contributed by atoms with Gasteiger partial charge in [-0.2, -0.15) is 0 Å². The summed E-state index contributed by atoms with van der Waals surface area (Å²) in [6, 6.07) is 6.87. The minimum absolute atomic E-state index is 0.0592. The highest BCUT2D eigenvalue weighted by Gasteiger charge is 2.11. The summed E-state index contributed by atoms with van der Waals surface area (Å²) in [5, 5.41) is 9.63. The minimum Gasteiger partial charge on any atom is -0.475 e. The monoisotopic (exact) mass is 286 g/mol. The average molecular weight is 286 g/mol. The number of fused-ring (bicyclic) bond motifs is 1. The summed E-state index contributed by atoms with van der Waals surface area (Å²) in [7, 11) is 0. The van der Waals surface area contributed by atoms with Crippen molar-refractivity contribution in [3.63, 3.8) is 0 Å². The lowest BCUT2D eigenvalue weighted by Crippen LogP contribution is -2.23. The summed E-state index contributed by atoms with van der Waals surface area (Å²) in [6.45, 7) is 2.99. The fourth-order valence-corrected chi connectivity index (χ4v) is 2.31. The van der Waals surface area contributed by atoms with Gasteiger partial charge in [0, 0.05) is 24.3 Å². The van der Waals surface area contributed by atoms with Crippen molar-refractivity contribution in [2.45, 2.75) is 20.0 Å². The van der Waals surface area contributed by atoms with Gasteiger partial charge in [0.1, 0.15) is 5.58 Å². The van der Waals surface area contributed by atoms with E-state index in [1.807, 2.05) is 19.1 Å². The molecule has 0 bridgehead atoms. The molecule has 1 aromatic carbocycles. The molecule has 0 aliphatic carbocycles. The van der Waals surface area contributed by atoms with E-state index in [0.29, 0.717) is 24.1 Å². The van der Waals surface area contributed by atoms with Crippen LogP contribution in [0.2, 0.25) is 0 Å². The Hall–Kier alpha value is -2.76. The number of carboxylic acids is 1. The molecule has 0 unspecified atom stereocenters. The van der Waals surface area contributed by atoms with Gasteiger partial charge in [0.25, 0.3) is 0 Å². The molecule has 0 atom stereocenters. The molecule has 2 heterocycles. The second-order valence-electron chi connectivity index (χ2n) is 4.78. The van der Waals surface area contributed by atoms with Crippen LogP contribution in [0.25, 0.3) is 11.0 Å². The van der Waals surface area contributed by atoms with Gasteiger partial charge in [0.2, 0.25) is 5.76 Å². The second-order valence-corrected chi connectivity index (χ2v) is 4.78. The number of benzene rings is 1. The van der Waals surface area contributed by atoms with E-state index < -0.39 is 5.97 Å². The molecule has 0 radical (unpaired) electrons. The Bertz CT molecular complexity index is 869. The summed E-state index contributed by atoms with van der Waals surface area (Å²) < 4.78 is 8.45. The Kier molecular flexibility index (Phi) is 3.13. The van der Waals surface area contributed by atoms with E-state index in [9.17, 15) is 9.59 Å². The highest BCUT2D eigenvalue weighted by Crippen LogP contribution is 2.21. The fraction of sp³-hybridized carbons (Fsp3) is 0.200. The highest BCUT2D eigenvalue weighted by molar-refractivity contribution is 5.91. The first kappa shape index (κ1) is 13.2. The number of aromatic carboxylic acids is 1. The number of hydrogen-bond acceptors (Lipinski definition) is 3. The van der Waals surface area contributed by atoms with Gasteiger partial charge in [-0.1, -0.05) is 6.07 Å². The molecule has 0 amide bonds. The van der Waals surface area contributed by atoms with Crippen LogP contribution in [-0.4, -0.2) is 20.2 Å². The first-order valence-electron chi connectivity index (χ1n) is 6.60. The Labute approximate surface area is 119 Å². The van der Waals surface area contributed by atoms with E-state index >= 15 is 0 Å². The Morgan fingerprint density at radius 2 is 2.00 bits per heavy atom. The molecule has 0 saturated heterocycles. The smallest absolute Gasteiger partial charge is 0.371 e. The SMILES string of the molecule is CCn1ccn(Cc2ccc3oc(C(=O)O)cc3c2)c1=O. The first-order valence-corrected chi connectivity index (χ1v) is 6.60. The molecule has 6 heteroatoms. The van der Waals surface area contributed by atoms with Gasteiger partial charge in [0.05, 0.1) is 6.54 Å². The largest absolute Gasteiger partial charge is 0.475 e. The number of carboxylic acid groups (broad SMARTS) is 1. The number of rotatable bonds is 4. The molecule has 0 aliphatic rings. The predicted molar refractivity (Wildman–Crippen MR) is 76.6 cm³/mol. The molecule has 0 aliphatic heterocycles. The molecular formula is C15H14N2O4. The number of carbonyl (C=O) groups is 1. The predicted octanol–water partition coefficient (Wildman–Crippen LogP) is 2.16. The number of furan rings is 1. The first-order chi connectivity index (χ1) is 10.1. The summed E-state index contributed by atoms with van der Waals surface area (Å²) in [5.74, 6) is -1.18. The zero-order valence-corrected chi connectivity index (χ0v) is 11.4. The van der Waals surface area contributed by atoms with E-state index in [-0.39, 0.29) is 11.4 Å². The van der Waals surface area contributed by atoms with Gasteiger partial charge < -0.3 is 9.52 Å². The van der Waals surface area contributed by atoms with E-state index in [1.54, 1.807) is 27.6 Å². The number of nitrogens with zero attached hydrogens (tertiary/aromatic N) is 2. The fourth-order valence-electron chi connectivity index (χ4n) is 2.31. The van der Waals surface area contributed by atoms with Crippen LogP contribution < -0.4 is 5.69 Å². The Balaban J connectivity index is 1.95. The van der Waals surface area contributed by atoms with Crippen LogP contribution in [0, 0.1) is 0 Å². The molecule has 0 saturated carbocycles. The van der Waals surface area contributed by atoms with Crippen LogP contribution in [-0.2, 0) is 13.1 Å². The van der Waals surface area contributed by atoms with Crippen LogP contribution >= 0.6 is 0 Å². The lowest BCUT2D eigenvalue weighted by molar-refractivity contribution is 0.0665. The van der Waals surface area contributed by atoms with Crippen LogP contribution in [0.1, 0.15) is 23.0 Å². The third kappa shape index (κ3) is 2.35. The van der Waals surface area contributed by atoms with Gasteiger partial charge in [0.15, 0.2) is 0 Å². The maximum Gasteiger partial charge on any atom is 0.371 e. The third-order valence-electron chi connectivity index (χ3n) is 3.40. The van der Waals surface area contributed by atoms with Gasteiger partial charge in [-0.05, 0) is 30.7 Å². The average Bonchev–Trinajstić information content (AvgIpc) is 3.03. The minimum atomic E-state index is -1.09. The van der Waals surface area contributed by atoms with Gasteiger partial charge in [-0.3, -0.25) is 9.13 Å². The van der Waals surface area contributed by atoms with Crippen molar-refractivity contribution in [3.8, 4) is 0 Å². The van der Waals surface area contributed by atoms with Crippen LogP contribution in [0.5, 0.6) is 0 Å². The maximum atomic E-state index is 12.0. The molecule has 1 N–H and O–H groups in total. The zero-order chi connectivity index (χ0) is 15.0. The molecule has 0 spiro atoms. The van der Waals surface area contributed by atoms with Gasteiger partial charge in [-0.25, -0.2) is 9.59 Å². The van der Waals surface area contributed by atoms with Crippen molar-refractivity contribution < 1.29 is 14.3 Å². The van der Waals surface area contributed by atoms with Gasteiger partial charge in [-0.15, -0.1) is 0 Å². The lowest BCUT2D eigenvalue weighted by Gasteiger charge is -2.02.